The van der Waals surface area contributed by atoms with E-state index in [1.54, 1.807) is 49.4 Å². The summed E-state index contributed by atoms with van der Waals surface area (Å²) in [7, 11) is 0. The predicted octanol–water partition coefficient (Wildman–Crippen LogP) is 27.0. The number of rotatable bonds is 3. The fourth-order valence-electron chi connectivity index (χ4n) is 12.6. The molecule has 0 fully saturated rings. The number of benzene rings is 12. The van der Waals surface area contributed by atoms with Crippen LogP contribution in [0.1, 0.15) is 61.7 Å². The van der Waals surface area contributed by atoms with Gasteiger partial charge in [0.25, 0.3) is 0 Å². The first-order valence-electron chi connectivity index (χ1n) is 39.0. The average Bonchev–Trinajstić information content (AvgIpc) is 1.61. The minimum Gasteiger partial charge on any atom is -0.309 e. The van der Waals surface area contributed by atoms with Crippen LogP contribution in [0.2, 0.25) is 0 Å². The van der Waals surface area contributed by atoms with Crippen molar-refractivity contribution in [3.8, 4) is 17.1 Å². The Morgan fingerprint density at radius 2 is 0.586 bits per heavy atom. The topological polar surface area (TPSA) is 105 Å². The van der Waals surface area contributed by atoms with Gasteiger partial charge in [0.05, 0.1) is 33.1 Å². The molecule has 10 heteroatoms. The summed E-state index contributed by atoms with van der Waals surface area (Å²) in [6.07, 6.45) is 15.7. The second-order valence-corrected chi connectivity index (χ2v) is 27.7. The fourth-order valence-corrected chi connectivity index (χ4v) is 12.6. The Morgan fingerprint density at radius 3 is 0.983 bits per heavy atom. The van der Waals surface area contributed by atoms with Crippen molar-refractivity contribution >= 4 is 65.4 Å². The summed E-state index contributed by atoms with van der Waals surface area (Å²) < 4.78 is 7.03. The maximum atomic E-state index is 3.98. The van der Waals surface area contributed by atoms with E-state index in [1.807, 2.05) is 144 Å². The Balaban J connectivity index is 0.000000140. The lowest BCUT2D eigenvalue weighted by molar-refractivity contribution is 1.05. The molecule has 0 spiro atoms. The van der Waals surface area contributed by atoms with Gasteiger partial charge in [-0.05, 0) is 220 Å². The highest BCUT2D eigenvalue weighted by Gasteiger charge is 2.15. The van der Waals surface area contributed by atoms with Crippen LogP contribution in [0.5, 0.6) is 0 Å². The Bertz CT molecular complexity index is 5650. The van der Waals surface area contributed by atoms with Crippen molar-refractivity contribution < 1.29 is 0 Å². The van der Waals surface area contributed by atoms with Gasteiger partial charge in [-0.2, -0.15) is 0 Å². The largest absolute Gasteiger partial charge is 0.309 e. The van der Waals surface area contributed by atoms with Gasteiger partial charge in [0, 0.05) is 110 Å². The molecule has 0 aliphatic rings. The number of pyridine rings is 3. The minimum absolute atomic E-state index is 0.822. The van der Waals surface area contributed by atoms with Gasteiger partial charge in [-0.25, -0.2) is 19.9 Å². The Morgan fingerprint density at radius 1 is 0.198 bits per heavy atom. The van der Waals surface area contributed by atoms with E-state index in [0.29, 0.717) is 0 Å². The number of aromatic nitrogens is 10. The van der Waals surface area contributed by atoms with E-state index >= 15 is 0 Å². The van der Waals surface area contributed by atoms with Gasteiger partial charge < -0.3 is 13.7 Å². The summed E-state index contributed by atoms with van der Waals surface area (Å²) in [5.74, 6) is 0.822. The van der Waals surface area contributed by atoms with Crippen LogP contribution < -0.4 is 0 Å². The molecule has 0 saturated heterocycles. The van der Waals surface area contributed by atoms with Crippen molar-refractivity contribution in [1.29, 1.82) is 0 Å². The molecule has 0 N–H and O–H groups in total. The van der Waals surface area contributed by atoms with E-state index in [2.05, 4.69) is 345 Å². The number of para-hydroxylation sites is 6. The molecule has 0 radical (unpaired) electrons. The van der Waals surface area contributed by atoms with Crippen molar-refractivity contribution in [2.24, 2.45) is 0 Å². The van der Waals surface area contributed by atoms with E-state index in [4.69, 9.17) is 0 Å². The Kier molecular flexibility index (Phi) is 32.8. The Labute approximate surface area is 684 Å². The van der Waals surface area contributed by atoms with Crippen LogP contribution in [0.15, 0.2) is 420 Å². The van der Waals surface area contributed by atoms with E-state index in [0.717, 1.165) is 17.2 Å². The SMILES string of the molecule is Cc1ccc2c(c1)c1ccccc1n2-c1ccccc1.Cc1ccc2c3ccccc3n(-c3ccccc3)c2c1.Cc1cccc2c1c1ccccc1n2-c1ccccc1.Cc1ccccc1.Cc1ccccc1.Cc1ccccc1.Cc1ccccn1.Cc1cccnc1.Cc1ccncc1.Cc1ccncn1.Cc1ncccn1. The van der Waals surface area contributed by atoms with Gasteiger partial charge in [-0.1, -0.05) is 265 Å². The second kappa shape index (κ2) is 45.2. The molecule has 0 amide bonds. The molecule has 12 aromatic carbocycles. The summed E-state index contributed by atoms with van der Waals surface area (Å²) in [4.78, 5) is 27.0. The highest BCUT2D eigenvalue weighted by molar-refractivity contribution is 6.12. The zero-order chi connectivity index (χ0) is 81.5. The summed E-state index contributed by atoms with van der Waals surface area (Å²) in [6.45, 7) is 22.6. The summed E-state index contributed by atoms with van der Waals surface area (Å²) in [5.41, 5.74) is 23.7. The lowest BCUT2D eigenvalue weighted by atomic mass is 10.1. The van der Waals surface area contributed by atoms with Gasteiger partial charge >= 0.3 is 0 Å². The van der Waals surface area contributed by atoms with E-state index < -0.39 is 0 Å². The number of fused-ring (bicyclic) bond motifs is 9. The zero-order valence-electron chi connectivity index (χ0n) is 68.3. The quantitative estimate of drug-likeness (QED) is 0.173. The van der Waals surface area contributed by atoms with Crippen LogP contribution in [0, 0.1) is 76.2 Å². The number of aryl methyl sites for hydroxylation is 11. The molecule has 8 heterocycles. The summed E-state index contributed by atoms with van der Waals surface area (Å²) in [5, 5.41) is 7.94. The first-order valence-corrected chi connectivity index (χ1v) is 39.0. The fraction of sp³-hybridized carbons (Fsp3) is 0.104. The maximum absolute atomic E-state index is 3.98. The van der Waals surface area contributed by atoms with Crippen molar-refractivity contribution in [1.82, 2.24) is 48.6 Å². The van der Waals surface area contributed by atoms with Gasteiger partial charge in [-0.15, -0.1) is 0 Å². The van der Waals surface area contributed by atoms with E-state index in [1.165, 1.54) is 133 Å². The molecular weight excluding hydrogens is 1410 g/mol. The van der Waals surface area contributed by atoms with Crippen LogP contribution in [-0.2, 0) is 0 Å². The third kappa shape index (κ3) is 25.6. The molecule has 20 rings (SSSR count). The third-order valence-electron chi connectivity index (χ3n) is 18.3. The molecule has 0 unspecified atom stereocenters. The first kappa shape index (κ1) is 84.1. The molecule has 116 heavy (non-hydrogen) atoms. The van der Waals surface area contributed by atoms with Crippen molar-refractivity contribution in [2.45, 2.75) is 76.2 Å². The lowest BCUT2D eigenvalue weighted by Gasteiger charge is -2.07. The van der Waals surface area contributed by atoms with Crippen LogP contribution >= 0.6 is 0 Å². The predicted molar refractivity (Wildman–Crippen MR) is 491 cm³/mol. The number of hydrogen-bond donors (Lipinski definition) is 0. The highest BCUT2D eigenvalue weighted by atomic mass is 15.0. The van der Waals surface area contributed by atoms with Crippen LogP contribution in [-0.4, -0.2) is 48.6 Å². The maximum Gasteiger partial charge on any atom is 0.125 e. The van der Waals surface area contributed by atoms with Gasteiger partial charge in [0.1, 0.15) is 12.2 Å². The van der Waals surface area contributed by atoms with Crippen LogP contribution in [0.25, 0.3) is 82.5 Å². The van der Waals surface area contributed by atoms with Crippen molar-refractivity contribution in [3.63, 3.8) is 0 Å². The standard InChI is InChI=1S/3C19H15N.3C7H8.3C6H7N.2C5H6N2/c1-14-8-7-13-18-19(14)16-11-5-6-12-17(16)20(18)15-9-3-2-4-10-15;1-14-11-12-19-17(13-14)16-9-5-6-10-18(16)20(19)15-7-3-2-4-8-15;1-14-11-12-17-16-9-5-6-10-18(16)20(19(17)13-14)15-7-3-2-4-8-15;3*1-7-5-3-2-4-6-7;1-6-2-4-7-5-3-6;1-6-3-2-4-7-5-6;1-6-4-2-3-5-7-6;1-5-2-3-6-4-7-5;1-5-6-3-2-4-7-5/h3*2-13H,1H3;3*2-6H,1H3;3*2-5H,1H3;2*2-4H,1H3. The van der Waals surface area contributed by atoms with Crippen LogP contribution in [0.3, 0.4) is 0 Å². The molecule has 0 saturated carbocycles. The second-order valence-electron chi connectivity index (χ2n) is 27.7. The molecule has 10 nitrogen and oxygen atoms in total. The number of hydrogen-bond acceptors (Lipinski definition) is 7. The molecule has 8 aromatic heterocycles. The van der Waals surface area contributed by atoms with E-state index in [-0.39, 0.29) is 0 Å². The lowest BCUT2D eigenvalue weighted by Crippen LogP contribution is -1.92. The molecule has 0 atom stereocenters. The third-order valence-corrected chi connectivity index (χ3v) is 18.3. The number of nitrogens with zero attached hydrogens (tertiary/aromatic N) is 10. The zero-order valence-corrected chi connectivity index (χ0v) is 68.3. The molecule has 576 valence electrons. The highest BCUT2D eigenvalue weighted by Crippen LogP contribution is 2.36. The average molecular weight is 1520 g/mol. The Hall–Kier alpha value is -14.4. The molecule has 0 bridgehead atoms. The molecule has 0 aliphatic heterocycles. The van der Waals surface area contributed by atoms with Gasteiger partial charge in [-0.3, -0.25) is 15.0 Å². The smallest absolute Gasteiger partial charge is 0.125 e. The minimum atomic E-state index is 0.822. The first-order chi connectivity index (χ1) is 56.7. The van der Waals surface area contributed by atoms with Crippen molar-refractivity contribution in [2.75, 3.05) is 0 Å². The van der Waals surface area contributed by atoms with Gasteiger partial charge in [0.2, 0.25) is 0 Å². The summed E-state index contributed by atoms with van der Waals surface area (Å²) >= 11 is 0. The van der Waals surface area contributed by atoms with Crippen molar-refractivity contribution in [3.05, 3.63) is 482 Å². The van der Waals surface area contributed by atoms with E-state index in [9.17, 15) is 0 Å². The summed E-state index contributed by atoms with van der Waals surface area (Å²) in [6, 6.07) is 126. The monoisotopic (exact) mass is 1510 g/mol. The van der Waals surface area contributed by atoms with Gasteiger partial charge in [0.15, 0.2) is 0 Å². The normalized spacial score (nSPS) is 10.0. The molecule has 20 aromatic rings. The van der Waals surface area contributed by atoms with Crippen LogP contribution in [0.4, 0.5) is 0 Å². The molecule has 0 aliphatic carbocycles. The molecular formula is C106H102N10.